The molecular weight excluding hydrogens is 435 g/mol. The van der Waals surface area contributed by atoms with E-state index >= 15 is 0 Å². The number of methoxy groups -OCH3 is 1. The Morgan fingerprint density at radius 1 is 1.05 bits per heavy atom. The van der Waals surface area contributed by atoms with Crippen molar-refractivity contribution in [2.45, 2.75) is 19.3 Å². The van der Waals surface area contributed by atoms with Crippen LogP contribution >= 0.6 is 0 Å². The number of pyridine rings is 1. The maximum atomic E-state index is 8.95. The Bertz CT molecular complexity index is 445. The fourth-order valence-electron chi connectivity index (χ4n) is 1.74. The van der Waals surface area contributed by atoms with Gasteiger partial charge in [-0.15, -0.1) is 0 Å². The second kappa shape index (κ2) is 9.48. The zero-order valence-electron chi connectivity index (χ0n) is 11.8. The van der Waals surface area contributed by atoms with Gasteiger partial charge in [-0.3, -0.25) is 9.78 Å². The quantitative estimate of drug-likeness (QED) is 0.529. The van der Waals surface area contributed by atoms with Crippen molar-refractivity contribution in [3.63, 3.8) is 0 Å². The summed E-state index contributed by atoms with van der Waals surface area (Å²) in [7, 11) is 1.31. The molecule has 108 valence electrons. The number of hydrogen-bond acceptors (Lipinski definition) is 3. The van der Waals surface area contributed by atoms with Crippen LogP contribution in [0.25, 0.3) is 0 Å². The molecule has 0 aliphatic heterocycles. The van der Waals surface area contributed by atoms with Crippen LogP contribution in [0.1, 0.15) is 25.1 Å². The Morgan fingerprint density at radius 2 is 1.60 bits per heavy atom. The maximum Gasteiger partial charge on any atom is 3.00 e. The number of hydrogen-bond donors (Lipinski definition) is 0. The minimum Gasteiger partial charge on any atom is -0.471 e. The average molecular weight is 454 g/mol. The molecule has 0 spiro atoms. The molecule has 0 aliphatic carbocycles. The number of ether oxygens (including phenoxy) is 1. The molecule has 0 saturated carbocycles. The van der Waals surface area contributed by atoms with E-state index in [1.807, 2.05) is 24.4 Å². The van der Waals surface area contributed by atoms with Crippen molar-refractivity contribution in [1.29, 1.82) is 0 Å². The number of rotatable bonds is 3. The largest absolute Gasteiger partial charge is 3.00 e. The first-order valence-corrected chi connectivity index (χ1v) is 6.06. The molecule has 3 nitrogen and oxygen atoms in total. The molecule has 1 aromatic carbocycles. The van der Waals surface area contributed by atoms with Crippen LogP contribution < -0.4 is 0 Å². The Hall–Kier alpha value is -1.42. The molecule has 0 fully saturated rings. The minimum atomic E-state index is -0.0253. The summed E-state index contributed by atoms with van der Waals surface area (Å²) in [5.41, 5.74) is 2.38. The molecule has 2 rings (SSSR count). The second-order valence-electron chi connectivity index (χ2n) is 4.54. The van der Waals surface area contributed by atoms with Crippen LogP contribution in [-0.4, -0.2) is 18.6 Å². The molecule has 0 N–H and O–H groups in total. The monoisotopic (exact) mass is 454 g/mol. The minimum absolute atomic E-state index is 0. The number of benzene rings is 1. The second-order valence-corrected chi connectivity index (χ2v) is 4.54. The zero-order valence-corrected chi connectivity index (χ0v) is 14.0. The molecule has 0 radical (unpaired) electrons. The van der Waals surface area contributed by atoms with Crippen LogP contribution in [0.15, 0.2) is 54.7 Å². The topological polar surface area (TPSA) is 39.2 Å². The van der Waals surface area contributed by atoms with E-state index in [1.54, 1.807) is 0 Å². The molecule has 1 aromatic heterocycles. The van der Waals surface area contributed by atoms with Crippen molar-refractivity contribution in [2.75, 3.05) is 7.11 Å². The Morgan fingerprint density at radius 3 is 2.05 bits per heavy atom. The third kappa shape index (κ3) is 5.29. The van der Waals surface area contributed by atoms with Gasteiger partial charge >= 0.3 is 22.4 Å². The molecule has 0 aliphatic rings. The average Bonchev–Trinajstić information content (AvgIpc) is 2.49. The summed E-state index contributed by atoms with van der Waals surface area (Å²) in [5.74, 6) is 0. The molecule has 0 atom stereocenters. The van der Waals surface area contributed by atoms with Gasteiger partial charge in [0.25, 0.3) is 6.47 Å². The van der Waals surface area contributed by atoms with Crippen molar-refractivity contribution < 1.29 is 31.9 Å². The van der Waals surface area contributed by atoms with E-state index in [0.717, 1.165) is 5.69 Å². The first kappa shape index (κ1) is 18.6. The van der Waals surface area contributed by atoms with Crippen molar-refractivity contribution in [2.24, 2.45) is 0 Å². The van der Waals surface area contributed by atoms with Crippen LogP contribution in [0.5, 0.6) is 0 Å². The smallest absolute Gasteiger partial charge is 0.471 e. The number of nitrogens with zero attached hydrogens (tertiary/aromatic N) is 1. The molecule has 0 unspecified atom stereocenters. The SMILES string of the molecule is CC(C)(c1ccccc1)c1ccccn1.COC=O.[Au+3]. The third-order valence-corrected chi connectivity index (χ3v) is 2.90. The van der Waals surface area contributed by atoms with E-state index in [0.29, 0.717) is 6.47 Å². The van der Waals surface area contributed by atoms with Gasteiger partial charge in [0.05, 0.1) is 12.8 Å². The summed E-state index contributed by atoms with van der Waals surface area (Å²) in [6.45, 7) is 4.77. The van der Waals surface area contributed by atoms with Gasteiger partial charge in [0.1, 0.15) is 0 Å². The molecule has 0 saturated heterocycles. The molecule has 0 amide bonds. The summed E-state index contributed by atoms with van der Waals surface area (Å²) >= 11 is 0. The first-order chi connectivity index (χ1) is 9.12. The standard InChI is InChI=1S/C14H15N.C2H4O2.Au/c1-14(2,12-8-4-3-5-9-12)13-10-6-7-11-15-13;1-4-2-3;/h3-11H,1-2H3;2H,1H3;/q;;+3. The summed E-state index contributed by atoms with van der Waals surface area (Å²) in [6, 6.07) is 16.5. The van der Waals surface area contributed by atoms with E-state index in [1.165, 1.54) is 12.7 Å². The van der Waals surface area contributed by atoms with Crippen LogP contribution in [0.4, 0.5) is 0 Å². The fraction of sp³-hybridized carbons (Fsp3) is 0.250. The molecule has 1 heterocycles. The molecule has 0 bridgehead atoms. The van der Waals surface area contributed by atoms with Crippen molar-refractivity contribution in [3.05, 3.63) is 66.0 Å². The third-order valence-electron chi connectivity index (χ3n) is 2.90. The van der Waals surface area contributed by atoms with Gasteiger partial charge in [-0.05, 0) is 17.7 Å². The van der Waals surface area contributed by atoms with Crippen molar-refractivity contribution in [3.8, 4) is 0 Å². The van der Waals surface area contributed by atoms with Gasteiger partial charge < -0.3 is 4.74 Å². The molecule has 20 heavy (non-hydrogen) atoms. The van der Waals surface area contributed by atoms with Crippen LogP contribution in [0.3, 0.4) is 0 Å². The summed E-state index contributed by atoms with van der Waals surface area (Å²) in [6.07, 6.45) is 1.85. The zero-order chi connectivity index (χ0) is 14.1. The number of aromatic nitrogens is 1. The van der Waals surface area contributed by atoms with Crippen LogP contribution in [-0.2, 0) is 37.3 Å². The van der Waals surface area contributed by atoms with Crippen LogP contribution in [0.2, 0.25) is 0 Å². The van der Waals surface area contributed by atoms with E-state index in [-0.39, 0.29) is 27.8 Å². The normalized spacial score (nSPS) is 9.55. The van der Waals surface area contributed by atoms with Crippen LogP contribution in [0, 0.1) is 0 Å². The Balaban J connectivity index is 0.000000644. The molecule has 2 aromatic rings. The predicted octanol–water partition coefficient (Wildman–Crippen LogP) is 3.19. The number of carbonyl (C=O) groups excluding carboxylic acids is 1. The summed E-state index contributed by atoms with van der Waals surface area (Å²) in [5, 5.41) is 0. The van der Waals surface area contributed by atoms with E-state index in [4.69, 9.17) is 4.79 Å². The summed E-state index contributed by atoms with van der Waals surface area (Å²) < 4.78 is 3.86. The first-order valence-electron chi connectivity index (χ1n) is 6.06. The van der Waals surface area contributed by atoms with Gasteiger partial charge in [0.15, 0.2) is 0 Å². The summed E-state index contributed by atoms with van der Waals surface area (Å²) in [4.78, 5) is 13.4. The van der Waals surface area contributed by atoms with Crippen molar-refractivity contribution >= 4 is 6.47 Å². The van der Waals surface area contributed by atoms with Gasteiger partial charge in [0, 0.05) is 11.6 Å². The molecule has 4 heteroatoms. The van der Waals surface area contributed by atoms with E-state index in [2.05, 4.69) is 53.9 Å². The fourth-order valence-corrected chi connectivity index (χ4v) is 1.74. The molecular formula is C16H19AuNO2+3. The van der Waals surface area contributed by atoms with Gasteiger partial charge in [-0.1, -0.05) is 50.2 Å². The van der Waals surface area contributed by atoms with E-state index in [9.17, 15) is 0 Å². The van der Waals surface area contributed by atoms with Gasteiger partial charge in [-0.2, -0.15) is 0 Å². The van der Waals surface area contributed by atoms with Gasteiger partial charge in [0.2, 0.25) is 0 Å². The number of carbonyl (C=O) groups is 1. The Labute approximate surface area is 135 Å². The van der Waals surface area contributed by atoms with E-state index < -0.39 is 0 Å². The Kier molecular flexibility index (Phi) is 8.81. The van der Waals surface area contributed by atoms with Gasteiger partial charge in [-0.25, -0.2) is 0 Å². The predicted molar refractivity (Wildman–Crippen MR) is 75.9 cm³/mol. The maximum absolute atomic E-state index is 8.95. The van der Waals surface area contributed by atoms with Crippen molar-refractivity contribution in [1.82, 2.24) is 4.98 Å².